The number of carbonyl (C=O) groups excluding carboxylic acids is 2. The summed E-state index contributed by atoms with van der Waals surface area (Å²) in [7, 11) is 1.57. The minimum absolute atomic E-state index is 0.0184. The van der Waals surface area contributed by atoms with Gasteiger partial charge in [0.1, 0.15) is 0 Å². The van der Waals surface area contributed by atoms with E-state index in [0.29, 0.717) is 19.6 Å². The van der Waals surface area contributed by atoms with Gasteiger partial charge >= 0.3 is 0 Å². The molecule has 0 bridgehead atoms. The quantitative estimate of drug-likeness (QED) is 0.530. The molecule has 0 aromatic heterocycles. The van der Waals surface area contributed by atoms with E-state index < -0.39 is 0 Å². The Morgan fingerprint density at radius 1 is 1.28 bits per heavy atom. The Hall–Kier alpha value is -1.14. The molecule has 0 aromatic carbocycles. The number of hydrogen-bond donors (Lipinski definition) is 3. The zero-order valence-corrected chi connectivity index (χ0v) is 10.9. The summed E-state index contributed by atoms with van der Waals surface area (Å²) in [5.41, 5.74) is 5.89. The van der Waals surface area contributed by atoms with Gasteiger partial charge in [-0.25, -0.2) is 0 Å². The van der Waals surface area contributed by atoms with Crippen LogP contribution >= 0.6 is 0 Å². The van der Waals surface area contributed by atoms with Crippen molar-refractivity contribution >= 4 is 11.8 Å². The van der Waals surface area contributed by atoms with E-state index in [1.54, 1.807) is 7.11 Å². The number of nitrogens with two attached hydrogens (primary N) is 1. The second kappa shape index (κ2) is 8.05. The van der Waals surface area contributed by atoms with Gasteiger partial charge in [-0.15, -0.1) is 0 Å². The highest BCUT2D eigenvalue weighted by molar-refractivity contribution is 5.84. The molecule has 4 N–H and O–H groups in total. The Bertz CT molecular complexity index is 284. The number of ether oxygens (including phenoxy) is 1. The van der Waals surface area contributed by atoms with Crippen molar-refractivity contribution in [3.8, 4) is 0 Å². The summed E-state index contributed by atoms with van der Waals surface area (Å²) in [6.07, 6.45) is 3.52. The van der Waals surface area contributed by atoms with Crippen molar-refractivity contribution in [1.29, 1.82) is 0 Å². The summed E-state index contributed by atoms with van der Waals surface area (Å²) in [6, 6.07) is 0.131. The van der Waals surface area contributed by atoms with Crippen LogP contribution in [0.5, 0.6) is 0 Å². The van der Waals surface area contributed by atoms with E-state index in [4.69, 9.17) is 10.5 Å². The highest BCUT2D eigenvalue weighted by atomic mass is 16.5. The molecule has 2 amide bonds. The molecular weight excluding hydrogens is 234 g/mol. The number of carbonyl (C=O) groups is 2. The predicted molar refractivity (Wildman–Crippen MR) is 67.8 cm³/mol. The molecular formula is C12H23N3O3. The standard InChI is InChI=1S/C12H23N3O3/c1-18-6-5-14-12(17)8-15-11(16)7-9-3-2-4-10(9)13/h9-10H,2-8,13H2,1H3,(H,14,17)(H,15,16)/t9-,10+/m0/s1. The summed E-state index contributed by atoms with van der Waals surface area (Å²) in [6.45, 7) is 0.944. The molecule has 0 saturated heterocycles. The van der Waals surface area contributed by atoms with Gasteiger partial charge in [-0.3, -0.25) is 9.59 Å². The van der Waals surface area contributed by atoms with Gasteiger partial charge < -0.3 is 21.1 Å². The highest BCUT2D eigenvalue weighted by Crippen LogP contribution is 2.26. The Balaban J connectivity index is 2.11. The number of nitrogens with one attached hydrogen (secondary N) is 2. The maximum Gasteiger partial charge on any atom is 0.239 e. The molecule has 2 atom stereocenters. The molecule has 0 unspecified atom stereocenters. The summed E-state index contributed by atoms with van der Waals surface area (Å²) >= 11 is 0. The molecule has 104 valence electrons. The van der Waals surface area contributed by atoms with E-state index in [9.17, 15) is 9.59 Å². The van der Waals surface area contributed by atoms with Crippen molar-refractivity contribution < 1.29 is 14.3 Å². The summed E-state index contributed by atoms with van der Waals surface area (Å²) in [4.78, 5) is 22.9. The lowest BCUT2D eigenvalue weighted by molar-refractivity contribution is -0.126. The van der Waals surface area contributed by atoms with Crippen LogP contribution in [0.4, 0.5) is 0 Å². The van der Waals surface area contributed by atoms with Crippen LogP contribution in [0.2, 0.25) is 0 Å². The van der Waals surface area contributed by atoms with Crippen molar-refractivity contribution in [2.75, 3.05) is 26.8 Å². The van der Waals surface area contributed by atoms with Crippen molar-refractivity contribution in [3.63, 3.8) is 0 Å². The monoisotopic (exact) mass is 257 g/mol. The van der Waals surface area contributed by atoms with E-state index in [2.05, 4.69) is 10.6 Å². The smallest absolute Gasteiger partial charge is 0.239 e. The first-order valence-corrected chi connectivity index (χ1v) is 6.41. The van der Waals surface area contributed by atoms with Gasteiger partial charge in [0.15, 0.2) is 0 Å². The van der Waals surface area contributed by atoms with Crippen LogP contribution in [0, 0.1) is 5.92 Å². The molecule has 0 heterocycles. The van der Waals surface area contributed by atoms with Gasteiger partial charge in [-0.05, 0) is 18.8 Å². The first-order valence-electron chi connectivity index (χ1n) is 6.41. The molecule has 1 saturated carbocycles. The normalized spacial score (nSPS) is 22.8. The van der Waals surface area contributed by atoms with Gasteiger partial charge in [0.25, 0.3) is 0 Å². The van der Waals surface area contributed by atoms with Gasteiger partial charge in [0.05, 0.1) is 13.2 Å². The zero-order chi connectivity index (χ0) is 13.4. The van der Waals surface area contributed by atoms with Crippen LogP contribution < -0.4 is 16.4 Å². The van der Waals surface area contributed by atoms with E-state index in [1.165, 1.54) is 0 Å². The minimum Gasteiger partial charge on any atom is -0.383 e. The molecule has 1 aliphatic carbocycles. The van der Waals surface area contributed by atoms with Crippen molar-refractivity contribution in [1.82, 2.24) is 10.6 Å². The number of rotatable bonds is 7. The van der Waals surface area contributed by atoms with Crippen LogP contribution in [0.1, 0.15) is 25.7 Å². The number of hydrogen-bond acceptors (Lipinski definition) is 4. The highest BCUT2D eigenvalue weighted by Gasteiger charge is 2.25. The lowest BCUT2D eigenvalue weighted by Gasteiger charge is -2.14. The fourth-order valence-corrected chi connectivity index (χ4v) is 2.16. The lowest BCUT2D eigenvalue weighted by atomic mass is 10.00. The molecule has 6 heteroatoms. The second-order valence-corrected chi connectivity index (χ2v) is 4.68. The number of methoxy groups -OCH3 is 1. The summed E-state index contributed by atoms with van der Waals surface area (Å²) in [5, 5.41) is 5.25. The molecule has 6 nitrogen and oxygen atoms in total. The van der Waals surface area contributed by atoms with E-state index in [-0.39, 0.29) is 30.3 Å². The zero-order valence-electron chi connectivity index (χ0n) is 10.9. The third kappa shape index (κ3) is 5.46. The molecule has 0 aliphatic heterocycles. The van der Waals surface area contributed by atoms with E-state index in [0.717, 1.165) is 19.3 Å². The van der Waals surface area contributed by atoms with Crippen molar-refractivity contribution in [2.24, 2.45) is 11.7 Å². The van der Waals surface area contributed by atoms with Gasteiger partial charge in [0, 0.05) is 26.1 Å². The molecule has 1 fully saturated rings. The fraction of sp³-hybridized carbons (Fsp3) is 0.833. The van der Waals surface area contributed by atoms with E-state index >= 15 is 0 Å². The minimum atomic E-state index is -0.198. The summed E-state index contributed by atoms with van der Waals surface area (Å²) < 4.78 is 4.80. The van der Waals surface area contributed by atoms with Crippen LogP contribution in [0.25, 0.3) is 0 Å². The van der Waals surface area contributed by atoms with Crippen molar-refractivity contribution in [3.05, 3.63) is 0 Å². The molecule has 18 heavy (non-hydrogen) atoms. The van der Waals surface area contributed by atoms with Gasteiger partial charge in [-0.1, -0.05) is 6.42 Å². The molecule has 1 aliphatic rings. The Morgan fingerprint density at radius 2 is 2.06 bits per heavy atom. The Kier molecular flexibility index (Phi) is 6.67. The topological polar surface area (TPSA) is 93.5 Å². The van der Waals surface area contributed by atoms with Crippen molar-refractivity contribution in [2.45, 2.75) is 31.7 Å². The van der Waals surface area contributed by atoms with Gasteiger partial charge in [0.2, 0.25) is 11.8 Å². The predicted octanol–water partition coefficient (Wildman–Crippen LogP) is -0.617. The second-order valence-electron chi connectivity index (χ2n) is 4.68. The third-order valence-corrected chi connectivity index (χ3v) is 3.24. The number of amides is 2. The molecule has 0 radical (unpaired) electrons. The Labute approximate surface area is 108 Å². The summed E-state index contributed by atoms with van der Waals surface area (Å²) in [5.74, 6) is -0.0306. The largest absolute Gasteiger partial charge is 0.383 e. The maximum absolute atomic E-state index is 11.6. The van der Waals surface area contributed by atoms with Crippen LogP contribution in [-0.2, 0) is 14.3 Å². The fourth-order valence-electron chi connectivity index (χ4n) is 2.16. The lowest BCUT2D eigenvalue weighted by Crippen LogP contribution is -2.39. The van der Waals surface area contributed by atoms with Crippen LogP contribution in [0.15, 0.2) is 0 Å². The van der Waals surface area contributed by atoms with Gasteiger partial charge in [-0.2, -0.15) is 0 Å². The maximum atomic E-state index is 11.6. The van der Waals surface area contributed by atoms with Crippen LogP contribution in [-0.4, -0.2) is 44.7 Å². The Morgan fingerprint density at radius 3 is 2.67 bits per heavy atom. The average Bonchev–Trinajstić information content (AvgIpc) is 2.73. The SMILES string of the molecule is COCCNC(=O)CNC(=O)C[C@@H]1CCC[C@H]1N. The first kappa shape index (κ1) is 14.9. The average molecular weight is 257 g/mol. The van der Waals surface area contributed by atoms with E-state index in [1.807, 2.05) is 0 Å². The van der Waals surface area contributed by atoms with Crippen LogP contribution in [0.3, 0.4) is 0 Å². The molecule has 1 rings (SSSR count). The first-order chi connectivity index (χ1) is 8.63. The molecule has 0 spiro atoms. The molecule has 0 aromatic rings. The third-order valence-electron chi connectivity index (χ3n) is 3.24.